The molecular formula is C48H69ClN10O5S. The highest BCUT2D eigenvalue weighted by molar-refractivity contribution is 8.00. The minimum atomic E-state index is -0.321. The molecular weight excluding hydrogens is 864 g/mol. The number of halogens is 1. The molecule has 0 spiro atoms. The van der Waals surface area contributed by atoms with Crippen molar-refractivity contribution in [3.63, 3.8) is 0 Å². The van der Waals surface area contributed by atoms with Crippen LogP contribution in [-0.4, -0.2) is 127 Å². The molecule has 0 bridgehead atoms. The van der Waals surface area contributed by atoms with E-state index in [9.17, 15) is 14.9 Å². The van der Waals surface area contributed by atoms with Crippen molar-refractivity contribution in [1.82, 2.24) is 41.9 Å². The van der Waals surface area contributed by atoms with Gasteiger partial charge in [-0.25, -0.2) is 10.9 Å². The van der Waals surface area contributed by atoms with E-state index in [-0.39, 0.29) is 82.8 Å². The Kier molecular flexibility index (Phi) is 14.8. The molecule has 6 aliphatic rings. The molecule has 1 aliphatic carbocycles. The van der Waals surface area contributed by atoms with Gasteiger partial charge in [-0.05, 0) is 74.6 Å². The third-order valence-corrected chi connectivity index (χ3v) is 16.8. The van der Waals surface area contributed by atoms with Crippen LogP contribution in [0.3, 0.4) is 0 Å². The van der Waals surface area contributed by atoms with E-state index in [2.05, 4.69) is 109 Å². The maximum atomic E-state index is 13.6. The summed E-state index contributed by atoms with van der Waals surface area (Å²) in [6.45, 7) is 21.8. The number of nitriles is 1. The highest BCUT2D eigenvalue weighted by Crippen LogP contribution is 2.56. The van der Waals surface area contributed by atoms with Crippen molar-refractivity contribution in [2.24, 2.45) is 33.6 Å². The first kappa shape index (κ1) is 48.0. The van der Waals surface area contributed by atoms with Crippen LogP contribution in [0.1, 0.15) is 85.8 Å². The number of ether oxygens (including phenoxy) is 3. The summed E-state index contributed by atoms with van der Waals surface area (Å²) in [6.07, 6.45) is 2.23. The van der Waals surface area contributed by atoms with Crippen LogP contribution in [0.5, 0.6) is 11.5 Å². The van der Waals surface area contributed by atoms with E-state index in [1.807, 2.05) is 30.8 Å². The van der Waals surface area contributed by atoms with Gasteiger partial charge in [0.05, 0.1) is 59.4 Å². The fraction of sp³-hybridized carbons (Fsp3) is 0.667. The number of carbonyl (C=O) groups excluding carboxylic acids is 2. The van der Waals surface area contributed by atoms with Crippen LogP contribution in [0.4, 0.5) is 0 Å². The van der Waals surface area contributed by atoms with Gasteiger partial charge < -0.3 is 24.8 Å². The normalized spacial score (nSPS) is 33.4. The molecule has 5 fully saturated rings. The van der Waals surface area contributed by atoms with Gasteiger partial charge in [0.15, 0.2) is 0 Å². The zero-order valence-corrected chi connectivity index (χ0v) is 40.7. The number of hydrogen-bond acceptors (Lipinski definition) is 14. The largest absolute Gasteiger partial charge is 0.491 e. The van der Waals surface area contributed by atoms with Crippen molar-refractivity contribution in [1.29, 1.82) is 5.26 Å². The molecule has 6 unspecified atom stereocenters. The topological polar surface area (TPSA) is 177 Å². The summed E-state index contributed by atoms with van der Waals surface area (Å²) in [6, 6.07) is 15.2. The van der Waals surface area contributed by atoms with E-state index in [1.54, 1.807) is 18.2 Å². The smallest absolute Gasteiger partial charge is 0.225 e. The summed E-state index contributed by atoms with van der Waals surface area (Å²) in [4.78, 5) is 36.8. The minimum Gasteiger partial charge on any atom is -0.491 e. The predicted octanol–water partition coefficient (Wildman–Crippen LogP) is 4.66. The molecule has 7 atom stereocenters. The van der Waals surface area contributed by atoms with Crippen LogP contribution in [0, 0.1) is 39.9 Å². The number of benzene rings is 2. The van der Waals surface area contributed by atoms with Crippen molar-refractivity contribution < 1.29 is 23.8 Å². The highest BCUT2D eigenvalue weighted by atomic mass is 35.5. The molecule has 5 aliphatic heterocycles. The van der Waals surface area contributed by atoms with Crippen LogP contribution in [-0.2, 0) is 14.3 Å². The Bertz CT molecular complexity index is 2070. The lowest BCUT2D eigenvalue weighted by atomic mass is 9.49. The van der Waals surface area contributed by atoms with Gasteiger partial charge in [0.25, 0.3) is 0 Å². The van der Waals surface area contributed by atoms with Crippen molar-refractivity contribution >= 4 is 40.9 Å². The van der Waals surface area contributed by atoms with E-state index >= 15 is 0 Å². The number of thioether (sulfide) groups is 1. The molecule has 65 heavy (non-hydrogen) atoms. The van der Waals surface area contributed by atoms with Gasteiger partial charge in [-0.2, -0.15) is 5.26 Å². The predicted molar refractivity (Wildman–Crippen MR) is 254 cm³/mol. The summed E-state index contributed by atoms with van der Waals surface area (Å²) in [7, 11) is 0. The van der Waals surface area contributed by atoms with Gasteiger partial charge in [-0.15, -0.1) is 11.8 Å². The number of fused-ring (bicyclic) bond motifs is 3. The Labute approximate surface area is 394 Å². The molecule has 2 aromatic rings. The highest BCUT2D eigenvalue weighted by Gasteiger charge is 2.64. The first-order valence-electron chi connectivity index (χ1n) is 23.6. The first-order chi connectivity index (χ1) is 31.1. The van der Waals surface area contributed by atoms with Crippen molar-refractivity contribution in [2.75, 3.05) is 45.9 Å². The molecule has 0 radical (unpaired) electrons. The molecule has 5 heterocycles. The SMILES string of the molecule is CCNC(=O)C[C@@H]1N=C(c2ccc(OCCOC3CCN(C4NCC(C(=O)NC5C(C)(C)C(Oc6ccc(C#N)c(Cl)c6)C5(C)C)CN4)CC3)cc2)C2C(C)C(C)SC2N2C(C)NNC12. The number of hydrogen-bond donors (Lipinski definition) is 6. The van der Waals surface area contributed by atoms with Crippen molar-refractivity contribution in [2.45, 2.75) is 128 Å². The van der Waals surface area contributed by atoms with Crippen LogP contribution in [0.2, 0.25) is 5.02 Å². The zero-order chi connectivity index (χ0) is 46.2. The lowest BCUT2D eigenvalue weighted by molar-refractivity contribution is -0.174. The molecule has 15 nitrogen and oxygen atoms in total. The van der Waals surface area contributed by atoms with Gasteiger partial charge in [-0.1, -0.05) is 53.1 Å². The fourth-order valence-corrected chi connectivity index (χ4v) is 13.5. The van der Waals surface area contributed by atoms with E-state index < -0.39 is 0 Å². The number of hydrazine groups is 1. The van der Waals surface area contributed by atoms with Gasteiger partial charge in [0.1, 0.15) is 36.6 Å². The zero-order valence-electron chi connectivity index (χ0n) is 39.2. The molecule has 17 heteroatoms. The number of likely N-dealkylation sites (tertiary alicyclic amines) is 1. The van der Waals surface area contributed by atoms with E-state index in [1.165, 1.54) is 0 Å². The number of amides is 2. The van der Waals surface area contributed by atoms with Gasteiger partial charge in [0, 0.05) is 72.5 Å². The van der Waals surface area contributed by atoms with Crippen LogP contribution in [0.25, 0.3) is 0 Å². The minimum absolute atomic E-state index is 0.00890. The monoisotopic (exact) mass is 932 g/mol. The van der Waals surface area contributed by atoms with Crippen molar-refractivity contribution in [3.8, 4) is 17.6 Å². The van der Waals surface area contributed by atoms with Gasteiger partial charge >= 0.3 is 0 Å². The summed E-state index contributed by atoms with van der Waals surface area (Å²) in [5.74, 6) is 1.91. The first-order valence-corrected chi connectivity index (χ1v) is 24.9. The summed E-state index contributed by atoms with van der Waals surface area (Å²) < 4.78 is 18.9. The fourth-order valence-electron chi connectivity index (χ4n) is 11.5. The number of rotatable bonds is 14. The average molecular weight is 934 g/mol. The molecule has 354 valence electrons. The van der Waals surface area contributed by atoms with Gasteiger partial charge in [0.2, 0.25) is 11.8 Å². The van der Waals surface area contributed by atoms with E-state index in [4.69, 9.17) is 30.8 Å². The quantitative estimate of drug-likeness (QED) is 0.145. The Balaban J connectivity index is 0.767. The average Bonchev–Trinajstić information content (AvgIpc) is 3.77. The summed E-state index contributed by atoms with van der Waals surface area (Å²) in [5, 5.41) is 23.8. The van der Waals surface area contributed by atoms with Gasteiger partial charge in [-0.3, -0.25) is 35.0 Å². The Morgan fingerprint density at radius 3 is 2.34 bits per heavy atom. The molecule has 4 saturated heterocycles. The standard InChI is InChI=1S/C48H69ClN10O5S/c1-9-51-38(60)23-37-41-57-56-29(4)59(41)43-39(27(2)28(3)65-43)40(54-37)30-10-13-33(14-11-30)62-20-21-63-34-16-18-58(19-17-34)46-52-25-32(26-53-46)42(61)55-44-47(5,6)45(48(44,7)8)64-35-15-12-31(24-50)36(49)22-35/h10-15,22,27-29,32,34,37,39,41,43-46,52-53,56-57H,9,16-21,23,25-26H2,1-8H3,(H,51,60)(H,55,61)/t27?,28?,29?,32?,37-,39?,41?,43?,44?,45?,46?/m0/s1. The molecule has 0 aromatic heterocycles. The maximum absolute atomic E-state index is 13.6. The lowest BCUT2D eigenvalue weighted by Crippen LogP contribution is -2.75. The number of carbonyl (C=O) groups is 2. The second-order valence-electron chi connectivity index (χ2n) is 19.9. The molecule has 1 saturated carbocycles. The second-order valence-corrected chi connectivity index (χ2v) is 21.8. The number of nitrogens with one attached hydrogen (secondary N) is 6. The number of piperidine rings is 1. The molecule has 2 aromatic carbocycles. The molecule has 2 amide bonds. The van der Waals surface area contributed by atoms with Crippen LogP contribution >= 0.6 is 23.4 Å². The molecule has 6 N–H and O–H groups in total. The number of aliphatic imine (C=N–C) groups is 1. The maximum Gasteiger partial charge on any atom is 0.225 e. The van der Waals surface area contributed by atoms with Crippen LogP contribution < -0.4 is 41.6 Å². The Morgan fingerprint density at radius 2 is 1.68 bits per heavy atom. The lowest BCUT2D eigenvalue weighted by Gasteiger charge is -2.63. The van der Waals surface area contributed by atoms with Crippen LogP contribution in [0.15, 0.2) is 47.5 Å². The summed E-state index contributed by atoms with van der Waals surface area (Å²) in [5.41, 5.74) is 8.82. The third kappa shape index (κ3) is 9.92. The van der Waals surface area contributed by atoms with Crippen molar-refractivity contribution in [3.05, 3.63) is 58.6 Å². The Hall–Kier alpha value is -3.50. The number of nitrogens with zero attached hydrogens (tertiary/aromatic N) is 4. The second kappa shape index (κ2) is 20.0. The van der Waals surface area contributed by atoms with E-state index in [0.29, 0.717) is 66.8 Å². The Morgan fingerprint density at radius 1 is 0.985 bits per heavy atom. The van der Waals surface area contributed by atoms with E-state index in [0.717, 1.165) is 43.0 Å². The third-order valence-electron chi connectivity index (χ3n) is 14.8. The molecule has 8 rings (SSSR count). The summed E-state index contributed by atoms with van der Waals surface area (Å²) >= 11 is 8.29.